The quantitative estimate of drug-likeness (QED) is 0.0222. The molecule has 0 aliphatic carbocycles. The Balaban J connectivity index is 5.20. The molecule has 0 saturated carbocycles. The number of aliphatic hydroxyl groups excluding tert-OH is 1. The molecule has 0 fully saturated rings. The van der Waals surface area contributed by atoms with E-state index in [0.29, 0.717) is 25.7 Å². The number of hydrogen-bond acceptors (Lipinski definition) is 15. The van der Waals surface area contributed by atoms with E-state index in [1.165, 1.54) is 250 Å². The van der Waals surface area contributed by atoms with Gasteiger partial charge in [0, 0.05) is 25.7 Å². The highest BCUT2D eigenvalue weighted by Crippen LogP contribution is 2.45. The van der Waals surface area contributed by atoms with Gasteiger partial charge in [0.05, 0.1) is 26.4 Å². The van der Waals surface area contributed by atoms with Crippen LogP contribution >= 0.6 is 15.6 Å². The van der Waals surface area contributed by atoms with Crippen LogP contribution in [0, 0.1) is 11.8 Å². The fourth-order valence-electron chi connectivity index (χ4n) is 12.7. The van der Waals surface area contributed by atoms with E-state index in [9.17, 15) is 43.2 Å². The molecule has 0 rings (SSSR count). The predicted molar refractivity (Wildman–Crippen MR) is 414 cm³/mol. The number of unbranched alkanes of at least 4 members (excludes halogenated alkanes) is 51. The molecular formula is C82H160O17P2. The molecule has 19 heteroatoms. The average molecular weight is 1480 g/mol. The summed E-state index contributed by atoms with van der Waals surface area (Å²) in [7, 11) is -9.92. The van der Waals surface area contributed by atoms with E-state index in [2.05, 4.69) is 41.5 Å². The van der Waals surface area contributed by atoms with Crippen molar-refractivity contribution in [3.8, 4) is 0 Å². The first kappa shape index (κ1) is 99.1. The molecule has 0 aromatic carbocycles. The highest BCUT2D eigenvalue weighted by molar-refractivity contribution is 7.47. The number of phosphoric ester groups is 2. The van der Waals surface area contributed by atoms with Gasteiger partial charge in [-0.3, -0.25) is 37.3 Å². The first-order valence-corrected chi connectivity index (χ1v) is 45.5. The first-order valence-electron chi connectivity index (χ1n) is 42.5. The summed E-state index contributed by atoms with van der Waals surface area (Å²) in [6.45, 7) is 9.64. The van der Waals surface area contributed by atoms with Crippen molar-refractivity contribution in [2.24, 2.45) is 11.8 Å². The lowest BCUT2D eigenvalue weighted by atomic mass is 10.0. The SMILES string of the molecule is CCCCCCCCCCCCCCCCCCCCCCCC(=O)O[C@H](COC(=O)CCCCCCCCCCCCCCCCCC(C)C)COP(=O)(O)OC[C@@H](O)COP(=O)(O)OC[C@@H](COC(=O)CCCCCCCCCCC)OC(=O)CCCCCCCCCCCCC(C)C. The maximum atomic E-state index is 13.1. The third-order valence-electron chi connectivity index (χ3n) is 19.2. The molecule has 0 aliphatic rings. The average Bonchev–Trinajstić information content (AvgIpc) is 0.942. The standard InChI is InChI=1S/C82H160O17P2/c1-7-9-11-13-15-17-18-19-20-21-22-23-24-25-28-32-35-42-48-54-60-66-81(86)98-78(71-93-80(85)65-59-53-47-41-34-31-29-26-27-30-33-39-44-50-56-62-74(3)4)73-97-101(90,91)95-69-76(83)68-94-100(88,89)96-72-77(70-92-79(84)64-58-52-46-38-16-14-12-10-8-2)99-82(87)67-61-55-49-43-37-36-40-45-51-57-63-75(5)6/h74-78,83H,7-73H2,1-6H3,(H,88,89)(H,90,91)/t76-,77+,78+/m0/s1. The van der Waals surface area contributed by atoms with Gasteiger partial charge in [-0.25, -0.2) is 9.13 Å². The van der Waals surface area contributed by atoms with Crippen LogP contribution in [0.25, 0.3) is 0 Å². The summed E-state index contributed by atoms with van der Waals surface area (Å²) < 4.78 is 68.7. The van der Waals surface area contributed by atoms with Crippen molar-refractivity contribution >= 4 is 39.5 Å². The summed E-state index contributed by atoms with van der Waals surface area (Å²) in [4.78, 5) is 73.0. The van der Waals surface area contributed by atoms with Crippen LogP contribution in [0.3, 0.4) is 0 Å². The maximum absolute atomic E-state index is 13.1. The number of carbonyl (C=O) groups is 4. The lowest BCUT2D eigenvalue weighted by molar-refractivity contribution is -0.161. The molecule has 101 heavy (non-hydrogen) atoms. The number of hydrogen-bond donors (Lipinski definition) is 3. The zero-order valence-corrected chi connectivity index (χ0v) is 68.0. The highest BCUT2D eigenvalue weighted by atomic mass is 31.2. The Morgan fingerprint density at radius 3 is 0.673 bits per heavy atom. The van der Waals surface area contributed by atoms with Gasteiger partial charge in [0.15, 0.2) is 12.2 Å². The van der Waals surface area contributed by atoms with Gasteiger partial charge < -0.3 is 33.8 Å². The van der Waals surface area contributed by atoms with Crippen LogP contribution in [0.4, 0.5) is 0 Å². The number of rotatable bonds is 81. The van der Waals surface area contributed by atoms with Crippen molar-refractivity contribution in [2.45, 2.75) is 452 Å². The predicted octanol–water partition coefficient (Wildman–Crippen LogP) is 24.7. The fourth-order valence-corrected chi connectivity index (χ4v) is 14.3. The van der Waals surface area contributed by atoms with Crippen LogP contribution in [0.1, 0.15) is 433 Å². The lowest BCUT2D eigenvalue weighted by Gasteiger charge is -2.21. The van der Waals surface area contributed by atoms with Gasteiger partial charge in [0.2, 0.25) is 0 Å². The number of esters is 4. The zero-order chi connectivity index (χ0) is 74.2. The molecule has 0 aromatic heterocycles. The summed E-state index contributed by atoms with van der Waals surface area (Å²) in [5.74, 6) is -0.551. The summed E-state index contributed by atoms with van der Waals surface area (Å²) in [5.41, 5.74) is 0. The molecule has 0 spiro atoms. The van der Waals surface area contributed by atoms with Gasteiger partial charge in [-0.15, -0.1) is 0 Å². The van der Waals surface area contributed by atoms with E-state index >= 15 is 0 Å². The molecule has 600 valence electrons. The molecular weight excluding hydrogens is 1320 g/mol. The van der Waals surface area contributed by atoms with Crippen molar-refractivity contribution in [3.63, 3.8) is 0 Å². The molecule has 0 aromatic rings. The third-order valence-corrected chi connectivity index (χ3v) is 21.1. The molecule has 2 unspecified atom stereocenters. The summed E-state index contributed by atoms with van der Waals surface area (Å²) >= 11 is 0. The second-order valence-electron chi connectivity index (χ2n) is 30.5. The molecule has 5 atom stereocenters. The van der Waals surface area contributed by atoms with E-state index in [1.807, 2.05) is 0 Å². The fraction of sp³-hybridized carbons (Fsp3) is 0.951. The van der Waals surface area contributed by atoms with Gasteiger partial charge in [-0.1, -0.05) is 382 Å². The van der Waals surface area contributed by atoms with Gasteiger partial charge in [-0.2, -0.15) is 0 Å². The van der Waals surface area contributed by atoms with Crippen molar-refractivity contribution in [3.05, 3.63) is 0 Å². The summed E-state index contributed by atoms with van der Waals surface area (Å²) in [6, 6.07) is 0. The van der Waals surface area contributed by atoms with Crippen LogP contribution in [-0.4, -0.2) is 96.7 Å². The molecule has 0 amide bonds. The zero-order valence-electron chi connectivity index (χ0n) is 66.2. The normalized spacial score (nSPS) is 13.9. The minimum Gasteiger partial charge on any atom is -0.462 e. The minimum absolute atomic E-state index is 0.106. The third kappa shape index (κ3) is 76.1. The van der Waals surface area contributed by atoms with Gasteiger partial charge >= 0.3 is 39.5 Å². The number of ether oxygens (including phenoxy) is 4. The maximum Gasteiger partial charge on any atom is 0.472 e. The van der Waals surface area contributed by atoms with Gasteiger partial charge in [0.25, 0.3) is 0 Å². The van der Waals surface area contributed by atoms with E-state index < -0.39 is 97.5 Å². The molecule has 0 bridgehead atoms. The Kier molecular flexibility index (Phi) is 72.2. The van der Waals surface area contributed by atoms with E-state index in [4.69, 9.17) is 37.0 Å². The topological polar surface area (TPSA) is 237 Å². The molecule has 0 saturated heterocycles. The van der Waals surface area contributed by atoms with Gasteiger partial charge in [-0.05, 0) is 37.5 Å². The second-order valence-corrected chi connectivity index (χ2v) is 33.4. The van der Waals surface area contributed by atoms with E-state index in [0.717, 1.165) is 102 Å². The van der Waals surface area contributed by atoms with Crippen LogP contribution < -0.4 is 0 Å². The Morgan fingerprint density at radius 2 is 0.455 bits per heavy atom. The number of aliphatic hydroxyl groups is 1. The van der Waals surface area contributed by atoms with Crippen LogP contribution in [0.2, 0.25) is 0 Å². The smallest absolute Gasteiger partial charge is 0.462 e. The van der Waals surface area contributed by atoms with Crippen LogP contribution in [0.5, 0.6) is 0 Å². The Bertz CT molecular complexity index is 1940. The molecule has 3 N–H and O–H groups in total. The molecule has 17 nitrogen and oxygen atoms in total. The van der Waals surface area contributed by atoms with Crippen LogP contribution in [0.15, 0.2) is 0 Å². The van der Waals surface area contributed by atoms with Crippen LogP contribution in [-0.2, 0) is 65.4 Å². The Morgan fingerprint density at radius 1 is 0.267 bits per heavy atom. The molecule has 0 heterocycles. The van der Waals surface area contributed by atoms with Crippen molar-refractivity contribution < 1.29 is 80.2 Å². The Labute approximate surface area is 619 Å². The molecule has 0 radical (unpaired) electrons. The number of phosphoric acid groups is 2. The van der Waals surface area contributed by atoms with Gasteiger partial charge in [0.1, 0.15) is 19.3 Å². The van der Waals surface area contributed by atoms with Crippen molar-refractivity contribution in [2.75, 3.05) is 39.6 Å². The van der Waals surface area contributed by atoms with Crippen molar-refractivity contribution in [1.29, 1.82) is 0 Å². The first-order chi connectivity index (χ1) is 48.9. The molecule has 0 aliphatic heterocycles. The monoisotopic (exact) mass is 1480 g/mol. The number of carbonyl (C=O) groups excluding carboxylic acids is 4. The second kappa shape index (κ2) is 73.6. The summed E-state index contributed by atoms with van der Waals surface area (Å²) in [6.07, 6.45) is 64.0. The van der Waals surface area contributed by atoms with E-state index in [1.54, 1.807) is 0 Å². The van der Waals surface area contributed by atoms with E-state index in [-0.39, 0.29) is 25.7 Å². The highest BCUT2D eigenvalue weighted by Gasteiger charge is 2.30. The summed E-state index contributed by atoms with van der Waals surface area (Å²) in [5, 5.41) is 10.6. The van der Waals surface area contributed by atoms with Crippen molar-refractivity contribution in [1.82, 2.24) is 0 Å². The lowest BCUT2D eigenvalue weighted by Crippen LogP contribution is -2.30. The minimum atomic E-state index is -4.96. The Hall–Kier alpha value is -1.94. The largest absolute Gasteiger partial charge is 0.472 e.